The van der Waals surface area contributed by atoms with Crippen molar-refractivity contribution in [3.63, 3.8) is 0 Å². The number of rotatable bonds is 9. The highest BCUT2D eigenvalue weighted by atomic mass is 35.5. The van der Waals surface area contributed by atoms with Crippen molar-refractivity contribution in [2.24, 2.45) is 4.99 Å². The van der Waals surface area contributed by atoms with Gasteiger partial charge in [0, 0.05) is 43.8 Å². The van der Waals surface area contributed by atoms with E-state index in [4.69, 9.17) is 11.6 Å². The number of hydrogen-bond acceptors (Lipinski definition) is 5. The zero-order chi connectivity index (χ0) is 21.3. The topological polar surface area (TPSA) is 126 Å². The average Bonchev–Trinajstić information content (AvgIpc) is 2.71. The zero-order valence-electron chi connectivity index (χ0n) is 15.8. The Morgan fingerprint density at radius 1 is 1.10 bits per heavy atom. The van der Waals surface area contributed by atoms with Crippen LogP contribution in [0.3, 0.4) is 0 Å². The Bertz CT molecular complexity index is 964. The standard InChI is InChI=1S/C18H22ClN5O4S/c1-20-18(21-10-9-14-5-7-15(19)8-6-14)22-11-12-23-29(27,28)17-4-2-3-16(13-17)24(25)26/h2-8,13,23H,9-12H2,1H3,(H2,20,21,22). The van der Waals surface area contributed by atoms with E-state index in [2.05, 4.69) is 20.3 Å². The van der Waals surface area contributed by atoms with Crippen LogP contribution in [0.4, 0.5) is 5.69 Å². The molecule has 0 saturated carbocycles. The molecule has 29 heavy (non-hydrogen) atoms. The van der Waals surface area contributed by atoms with Gasteiger partial charge in [0.1, 0.15) is 0 Å². The van der Waals surface area contributed by atoms with Crippen LogP contribution in [0.15, 0.2) is 58.4 Å². The first kappa shape index (κ1) is 22.6. The Kier molecular flexibility index (Phi) is 8.37. The summed E-state index contributed by atoms with van der Waals surface area (Å²) >= 11 is 5.86. The van der Waals surface area contributed by atoms with Crippen molar-refractivity contribution in [2.75, 3.05) is 26.7 Å². The second-order valence-corrected chi connectivity index (χ2v) is 8.16. The monoisotopic (exact) mass is 439 g/mol. The van der Waals surface area contributed by atoms with E-state index in [1.165, 1.54) is 18.2 Å². The number of non-ortho nitro benzene ring substituents is 1. The normalized spacial score (nSPS) is 11.9. The van der Waals surface area contributed by atoms with Gasteiger partial charge in [0.15, 0.2) is 5.96 Å². The predicted molar refractivity (Wildman–Crippen MR) is 113 cm³/mol. The van der Waals surface area contributed by atoms with Crippen LogP contribution in [-0.2, 0) is 16.4 Å². The highest BCUT2D eigenvalue weighted by Gasteiger charge is 2.17. The van der Waals surface area contributed by atoms with Crippen LogP contribution in [0.25, 0.3) is 0 Å². The molecule has 0 aliphatic rings. The van der Waals surface area contributed by atoms with Crippen molar-refractivity contribution in [1.29, 1.82) is 0 Å². The fourth-order valence-electron chi connectivity index (χ4n) is 2.41. The van der Waals surface area contributed by atoms with Crippen LogP contribution >= 0.6 is 11.6 Å². The van der Waals surface area contributed by atoms with Gasteiger partial charge in [-0.1, -0.05) is 29.8 Å². The van der Waals surface area contributed by atoms with Gasteiger partial charge >= 0.3 is 0 Å². The molecule has 0 aliphatic carbocycles. The number of hydrogen-bond donors (Lipinski definition) is 3. The minimum absolute atomic E-state index is 0.0862. The Labute approximate surface area is 174 Å². The molecule has 11 heteroatoms. The summed E-state index contributed by atoms with van der Waals surface area (Å²) in [6.45, 7) is 1.01. The van der Waals surface area contributed by atoms with Crippen LogP contribution in [0, 0.1) is 10.1 Å². The predicted octanol–water partition coefficient (Wildman–Crippen LogP) is 1.93. The lowest BCUT2D eigenvalue weighted by atomic mass is 10.1. The van der Waals surface area contributed by atoms with Crippen molar-refractivity contribution in [3.05, 3.63) is 69.2 Å². The number of nitro benzene ring substituents is 1. The molecule has 0 aliphatic heterocycles. The van der Waals surface area contributed by atoms with E-state index in [1.54, 1.807) is 7.05 Å². The summed E-state index contributed by atoms with van der Waals surface area (Å²) in [5.74, 6) is 0.536. The summed E-state index contributed by atoms with van der Waals surface area (Å²) in [5.41, 5.74) is 0.846. The Morgan fingerprint density at radius 2 is 1.79 bits per heavy atom. The molecule has 0 amide bonds. The maximum absolute atomic E-state index is 12.3. The number of guanidine groups is 1. The van der Waals surface area contributed by atoms with Gasteiger partial charge in [0.05, 0.1) is 9.82 Å². The molecule has 3 N–H and O–H groups in total. The first-order chi connectivity index (χ1) is 13.8. The molecular weight excluding hydrogens is 418 g/mol. The quantitative estimate of drug-likeness (QED) is 0.180. The van der Waals surface area contributed by atoms with Crippen molar-refractivity contribution in [1.82, 2.24) is 15.4 Å². The molecule has 0 atom stereocenters. The molecule has 0 heterocycles. The number of benzene rings is 2. The van der Waals surface area contributed by atoms with Gasteiger partial charge in [-0.3, -0.25) is 15.1 Å². The first-order valence-electron chi connectivity index (χ1n) is 8.75. The number of nitrogens with one attached hydrogen (secondary N) is 3. The van der Waals surface area contributed by atoms with Crippen LogP contribution in [0.5, 0.6) is 0 Å². The van der Waals surface area contributed by atoms with E-state index >= 15 is 0 Å². The van der Waals surface area contributed by atoms with Gasteiger partial charge in [-0.25, -0.2) is 13.1 Å². The number of nitro groups is 1. The third kappa shape index (κ3) is 7.33. The Balaban J connectivity index is 1.76. The molecule has 2 aromatic rings. The van der Waals surface area contributed by atoms with E-state index < -0.39 is 14.9 Å². The third-order valence-electron chi connectivity index (χ3n) is 3.89. The molecule has 0 fully saturated rings. The van der Waals surface area contributed by atoms with Gasteiger partial charge in [-0.15, -0.1) is 0 Å². The lowest BCUT2D eigenvalue weighted by Crippen LogP contribution is -2.42. The summed E-state index contributed by atoms with van der Waals surface area (Å²) in [4.78, 5) is 14.1. The number of sulfonamides is 1. The minimum atomic E-state index is -3.84. The number of aliphatic imine (C=N–C) groups is 1. The highest BCUT2D eigenvalue weighted by Crippen LogP contribution is 2.16. The molecule has 0 spiro atoms. The molecule has 0 aromatic heterocycles. The van der Waals surface area contributed by atoms with Gasteiger partial charge in [-0.2, -0.15) is 0 Å². The molecule has 0 bridgehead atoms. The summed E-state index contributed by atoms with van der Waals surface area (Å²) in [6.07, 6.45) is 0.775. The third-order valence-corrected chi connectivity index (χ3v) is 5.60. The highest BCUT2D eigenvalue weighted by molar-refractivity contribution is 7.89. The maximum atomic E-state index is 12.3. The van der Waals surface area contributed by atoms with Gasteiger partial charge in [0.25, 0.3) is 5.69 Å². The molecule has 156 valence electrons. The summed E-state index contributed by atoms with van der Waals surface area (Å²) < 4.78 is 26.9. The summed E-state index contributed by atoms with van der Waals surface area (Å²) in [7, 11) is -2.23. The second-order valence-electron chi connectivity index (χ2n) is 5.95. The fourth-order valence-corrected chi connectivity index (χ4v) is 3.61. The molecular formula is C18H22ClN5O4S. The number of halogens is 1. The van der Waals surface area contributed by atoms with E-state index in [0.29, 0.717) is 17.5 Å². The molecule has 0 radical (unpaired) electrons. The van der Waals surface area contributed by atoms with Crippen molar-refractivity contribution < 1.29 is 13.3 Å². The largest absolute Gasteiger partial charge is 0.356 e. The van der Waals surface area contributed by atoms with Crippen molar-refractivity contribution >= 4 is 33.3 Å². The van der Waals surface area contributed by atoms with E-state index in [-0.39, 0.29) is 23.7 Å². The summed E-state index contributed by atoms with van der Waals surface area (Å²) in [6, 6.07) is 12.4. The van der Waals surface area contributed by atoms with Crippen molar-refractivity contribution in [2.45, 2.75) is 11.3 Å². The molecule has 0 saturated heterocycles. The number of nitrogens with zero attached hydrogens (tertiary/aromatic N) is 2. The minimum Gasteiger partial charge on any atom is -0.356 e. The zero-order valence-corrected chi connectivity index (χ0v) is 17.3. The van der Waals surface area contributed by atoms with E-state index in [9.17, 15) is 18.5 Å². The van der Waals surface area contributed by atoms with E-state index in [1.807, 2.05) is 24.3 Å². The Morgan fingerprint density at radius 3 is 2.45 bits per heavy atom. The Hall–Kier alpha value is -2.69. The molecule has 0 unspecified atom stereocenters. The van der Waals surface area contributed by atoms with Gasteiger partial charge in [0.2, 0.25) is 10.0 Å². The fraction of sp³-hybridized carbons (Fsp3) is 0.278. The van der Waals surface area contributed by atoms with Crippen LogP contribution < -0.4 is 15.4 Å². The maximum Gasteiger partial charge on any atom is 0.270 e. The van der Waals surface area contributed by atoms with Crippen molar-refractivity contribution in [3.8, 4) is 0 Å². The van der Waals surface area contributed by atoms with Gasteiger partial charge in [-0.05, 0) is 30.2 Å². The average molecular weight is 440 g/mol. The summed E-state index contributed by atoms with van der Waals surface area (Å²) in [5, 5.41) is 17.6. The second kappa shape index (κ2) is 10.7. The smallest absolute Gasteiger partial charge is 0.270 e. The van der Waals surface area contributed by atoms with E-state index in [0.717, 1.165) is 18.1 Å². The SMILES string of the molecule is CN=C(NCCNS(=O)(=O)c1cccc([N+](=O)[O-])c1)NCCc1ccc(Cl)cc1. The lowest BCUT2D eigenvalue weighted by molar-refractivity contribution is -0.385. The first-order valence-corrected chi connectivity index (χ1v) is 10.6. The van der Waals surface area contributed by atoms with Crippen LogP contribution in [0.1, 0.15) is 5.56 Å². The molecule has 2 rings (SSSR count). The van der Waals surface area contributed by atoms with Crippen LogP contribution in [-0.4, -0.2) is 46.0 Å². The molecule has 9 nitrogen and oxygen atoms in total. The lowest BCUT2D eigenvalue weighted by Gasteiger charge is -2.12. The molecule has 2 aromatic carbocycles. The van der Waals surface area contributed by atoms with Gasteiger partial charge < -0.3 is 10.6 Å². The van der Waals surface area contributed by atoms with Crippen LogP contribution in [0.2, 0.25) is 5.02 Å².